The fourth-order valence-corrected chi connectivity index (χ4v) is 7.13. The first kappa shape index (κ1) is 18.4. The van der Waals surface area contributed by atoms with Gasteiger partial charge in [-0.25, -0.2) is 0 Å². The van der Waals surface area contributed by atoms with E-state index < -0.39 is 28.9 Å². The molecule has 4 aliphatic carbocycles. The Bertz CT molecular complexity index is 699. The summed E-state index contributed by atoms with van der Waals surface area (Å²) in [6, 6.07) is 0. The molecule has 0 fully saturated rings. The van der Waals surface area contributed by atoms with Crippen molar-refractivity contribution in [1.82, 2.24) is 0 Å². The maximum atomic E-state index is 4.93. The van der Waals surface area contributed by atoms with E-state index >= 15 is 0 Å². The fourth-order valence-electron chi connectivity index (χ4n) is 3.87. The van der Waals surface area contributed by atoms with E-state index in [1.165, 1.54) is 11.1 Å². The van der Waals surface area contributed by atoms with E-state index in [1.54, 1.807) is 10.4 Å². The Kier molecular flexibility index (Phi) is 6.03. The molecule has 0 aromatic rings. The van der Waals surface area contributed by atoms with Gasteiger partial charge in [0.05, 0.1) is 0 Å². The predicted molar refractivity (Wildman–Crippen MR) is 105 cm³/mol. The van der Waals surface area contributed by atoms with E-state index in [0.717, 1.165) is 0 Å². The average Bonchev–Trinajstić information content (AvgIpc) is 3.20. The van der Waals surface area contributed by atoms with Crippen LogP contribution in [0.2, 0.25) is 13.1 Å². The Morgan fingerprint density at radius 3 is 1.54 bits per heavy atom. The monoisotopic (exact) mass is 448 g/mol. The molecule has 0 amide bonds. The Labute approximate surface area is 164 Å². The molecule has 0 bridgehead atoms. The predicted octanol–water partition coefficient (Wildman–Crippen LogP) is 6.37. The summed E-state index contributed by atoms with van der Waals surface area (Å²) < 4.78 is 0. The van der Waals surface area contributed by atoms with Crippen LogP contribution in [0.4, 0.5) is 0 Å². The summed E-state index contributed by atoms with van der Waals surface area (Å²) >= 11 is -0.826. The van der Waals surface area contributed by atoms with Gasteiger partial charge in [-0.3, -0.25) is 0 Å². The molecule has 0 saturated carbocycles. The van der Waals surface area contributed by atoms with Crippen LogP contribution in [0.25, 0.3) is 0 Å². The Morgan fingerprint density at radius 1 is 0.708 bits per heavy atom. The van der Waals surface area contributed by atoms with Gasteiger partial charge in [-0.2, -0.15) is 0 Å². The van der Waals surface area contributed by atoms with Crippen molar-refractivity contribution in [3.63, 3.8) is 0 Å². The van der Waals surface area contributed by atoms with E-state index in [-0.39, 0.29) is 0 Å². The molecule has 0 aromatic heterocycles. The molecule has 0 aromatic carbocycles. The number of halogens is 2. The second-order valence-electron chi connectivity index (χ2n) is 6.69. The third kappa shape index (κ3) is 3.44. The SMILES string of the molecule is C[Si](C)(C1=C2C=CC=CC2C=C1)C1=C2C=CC=CC2C=C1.[Cl][Zr][Cl]. The molecule has 0 heterocycles. The van der Waals surface area contributed by atoms with Crippen LogP contribution in [0.15, 0.2) is 94.5 Å². The Hall–Kier alpha value is -0.400. The van der Waals surface area contributed by atoms with Crippen LogP contribution in [0, 0.1) is 11.8 Å². The summed E-state index contributed by atoms with van der Waals surface area (Å²) in [6.45, 7) is 4.99. The Morgan fingerprint density at radius 2 is 1.12 bits per heavy atom. The van der Waals surface area contributed by atoms with E-state index in [0.29, 0.717) is 11.8 Å². The first-order valence-electron chi connectivity index (χ1n) is 8.11. The summed E-state index contributed by atoms with van der Waals surface area (Å²) in [5, 5.41) is 3.20. The van der Waals surface area contributed by atoms with Gasteiger partial charge in [-0.05, 0) is 11.1 Å². The van der Waals surface area contributed by atoms with Crippen LogP contribution in [0.3, 0.4) is 0 Å². The summed E-state index contributed by atoms with van der Waals surface area (Å²) in [6.07, 6.45) is 27.4. The number of fused-ring (bicyclic) bond motifs is 2. The molecule has 2 atom stereocenters. The zero-order valence-electron chi connectivity index (χ0n) is 13.8. The maximum absolute atomic E-state index is 4.93. The van der Waals surface area contributed by atoms with Gasteiger partial charge in [-0.15, -0.1) is 0 Å². The average molecular weight is 451 g/mol. The summed E-state index contributed by atoms with van der Waals surface area (Å²) in [4.78, 5) is 0. The van der Waals surface area contributed by atoms with Crippen LogP contribution in [0.5, 0.6) is 0 Å². The summed E-state index contributed by atoms with van der Waals surface area (Å²) in [5.74, 6) is 1.01. The minimum atomic E-state index is -1.64. The molecule has 24 heavy (non-hydrogen) atoms. The zero-order valence-corrected chi connectivity index (χ0v) is 18.8. The standard InChI is InChI=1S/C20H20Si.2ClH.Zr/c1-21(2,19-13-11-15-7-3-5-9-17(15)19)20-14-12-16-8-4-6-10-18(16)20;;;/h3-16H,1-2H3;2*1H;/q;;;+2/p-2. The van der Waals surface area contributed by atoms with Gasteiger partial charge in [-0.1, -0.05) is 96.4 Å². The second-order valence-corrected chi connectivity index (χ2v) is 14.8. The molecule has 0 nitrogen and oxygen atoms in total. The van der Waals surface area contributed by atoms with Crippen molar-refractivity contribution in [2.24, 2.45) is 11.8 Å². The van der Waals surface area contributed by atoms with Crippen molar-refractivity contribution in [2.45, 2.75) is 13.1 Å². The molecule has 4 heteroatoms. The normalized spacial score (nSPS) is 25.8. The number of rotatable bonds is 2. The summed E-state index contributed by atoms with van der Waals surface area (Å²) in [7, 11) is 8.23. The van der Waals surface area contributed by atoms with Crippen LogP contribution < -0.4 is 0 Å². The molecule has 0 N–H and O–H groups in total. The molecule has 122 valence electrons. The van der Waals surface area contributed by atoms with Gasteiger partial charge in [0.15, 0.2) is 0 Å². The van der Waals surface area contributed by atoms with Crippen LogP contribution in [-0.2, 0) is 20.8 Å². The first-order valence-corrected chi connectivity index (χ1v) is 17.4. The third-order valence-electron chi connectivity index (χ3n) is 5.04. The van der Waals surface area contributed by atoms with Gasteiger partial charge in [0.2, 0.25) is 0 Å². The third-order valence-corrected chi connectivity index (χ3v) is 8.64. The van der Waals surface area contributed by atoms with Crippen molar-refractivity contribution in [3.8, 4) is 0 Å². The number of hydrogen-bond acceptors (Lipinski definition) is 0. The van der Waals surface area contributed by atoms with Crippen molar-refractivity contribution in [2.75, 3.05) is 0 Å². The summed E-state index contributed by atoms with van der Waals surface area (Å²) in [5.41, 5.74) is 3.05. The van der Waals surface area contributed by atoms with E-state index in [2.05, 4.69) is 86.0 Å². The number of allylic oxidation sites excluding steroid dienone is 16. The van der Waals surface area contributed by atoms with E-state index in [9.17, 15) is 0 Å². The van der Waals surface area contributed by atoms with Crippen LogP contribution in [-0.4, -0.2) is 8.07 Å². The van der Waals surface area contributed by atoms with Crippen molar-refractivity contribution in [1.29, 1.82) is 0 Å². The molecule has 0 spiro atoms. The topological polar surface area (TPSA) is 0 Å². The molecule has 4 rings (SSSR count). The molecule has 0 saturated heterocycles. The van der Waals surface area contributed by atoms with Crippen LogP contribution in [0.1, 0.15) is 0 Å². The first-order chi connectivity index (χ1) is 11.6. The van der Waals surface area contributed by atoms with E-state index in [1.807, 2.05) is 0 Å². The minimum absolute atomic E-state index is 0.505. The molecule has 2 unspecified atom stereocenters. The van der Waals surface area contributed by atoms with Gasteiger partial charge < -0.3 is 0 Å². The molecule has 4 aliphatic rings. The van der Waals surface area contributed by atoms with Crippen molar-refractivity contribution < 1.29 is 20.8 Å². The second kappa shape index (κ2) is 7.87. The molecule has 0 radical (unpaired) electrons. The van der Waals surface area contributed by atoms with Crippen molar-refractivity contribution >= 4 is 25.1 Å². The molecular formula is C20H20Cl2SiZr. The number of hydrogen-bond donors (Lipinski definition) is 0. The van der Waals surface area contributed by atoms with Gasteiger partial charge >= 0.3 is 37.9 Å². The molecular weight excluding hydrogens is 430 g/mol. The van der Waals surface area contributed by atoms with Crippen LogP contribution >= 0.6 is 17.0 Å². The molecule has 0 aliphatic heterocycles. The Balaban J connectivity index is 0.000000526. The quantitative estimate of drug-likeness (QED) is 0.429. The van der Waals surface area contributed by atoms with Gasteiger partial charge in [0.1, 0.15) is 8.07 Å². The van der Waals surface area contributed by atoms with E-state index in [4.69, 9.17) is 17.0 Å². The van der Waals surface area contributed by atoms with Gasteiger partial charge in [0.25, 0.3) is 0 Å². The van der Waals surface area contributed by atoms with Crippen molar-refractivity contribution in [3.05, 3.63) is 94.5 Å². The van der Waals surface area contributed by atoms with Gasteiger partial charge in [0, 0.05) is 11.8 Å². The fraction of sp³-hybridized carbons (Fsp3) is 0.200. The zero-order chi connectivity index (χ0) is 17.2.